The number of β-amino-alcohol motifs (C(OH)–C–C–N with tert-alkyl or cyclic N) is 1. The fraction of sp³-hybridized carbons (Fsp3) is 0.800. The molecule has 1 saturated heterocycles. The molecule has 0 bridgehead atoms. The topological polar surface area (TPSA) is 60.9 Å². The van der Waals surface area contributed by atoms with Crippen LogP contribution < -0.4 is 0 Å². The second-order valence-corrected chi connectivity index (χ2v) is 3.73. The molecule has 0 aromatic heterocycles. The molecule has 0 aromatic rings. The molecular formula is C10H18N2O3. The Balaban J connectivity index is 2.63. The van der Waals surface area contributed by atoms with Crippen LogP contribution in [0.2, 0.25) is 0 Å². The summed E-state index contributed by atoms with van der Waals surface area (Å²) in [6, 6.07) is 0. The maximum Gasteiger partial charge on any atom is 0.223 e. The van der Waals surface area contributed by atoms with E-state index in [1.807, 2.05) is 0 Å². The van der Waals surface area contributed by atoms with Crippen molar-refractivity contribution >= 4 is 11.8 Å². The predicted octanol–water partition coefficient (Wildman–Crippen LogP) is -0.204. The van der Waals surface area contributed by atoms with E-state index in [0.717, 1.165) is 0 Å². The molecule has 5 heteroatoms. The number of carbonyl (C=O) groups excluding carboxylic acids is 2. The maximum absolute atomic E-state index is 11.4. The van der Waals surface area contributed by atoms with Gasteiger partial charge in [-0.25, -0.2) is 0 Å². The third kappa shape index (κ3) is 2.92. The van der Waals surface area contributed by atoms with Gasteiger partial charge in [0.25, 0.3) is 0 Å². The first kappa shape index (κ1) is 12.0. The molecule has 1 N–H and O–H groups in total. The van der Waals surface area contributed by atoms with Crippen molar-refractivity contribution in [3.63, 3.8) is 0 Å². The Morgan fingerprint density at radius 2 is 1.53 bits per heavy atom. The second kappa shape index (κ2) is 5.11. The van der Waals surface area contributed by atoms with Crippen molar-refractivity contribution < 1.29 is 14.7 Å². The zero-order valence-electron chi connectivity index (χ0n) is 9.27. The van der Waals surface area contributed by atoms with Gasteiger partial charge < -0.3 is 14.9 Å². The molecule has 5 nitrogen and oxygen atoms in total. The van der Waals surface area contributed by atoms with Crippen molar-refractivity contribution in [1.29, 1.82) is 0 Å². The van der Waals surface area contributed by atoms with E-state index in [0.29, 0.717) is 32.6 Å². The summed E-state index contributed by atoms with van der Waals surface area (Å²) in [6.07, 6.45) is 0.187. The minimum atomic E-state index is -0.621. The molecule has 15 heavy (non-hydrogen) atoms. The van der Waals surface area contributed by atoms with E-state index >= 15 is 0 Å². The monoisotopic (exact) mass is 214 g/mol. The van der Waals surface area contributed by atoms with E-state index in [1.165, 1.54) is 9.80 Å². The molecule has 0 spiro atoms. The van der Waals surface area contributed by atoms with Gasteiger partial charge in [0, 0.05) is 12.8 Å². The highest BCUT2D eigenvalue weighted by Crippen LogP contribution is 2.09. The Hall–Kier alpha value is -1.10. The highest BCUT2D eigenvalue weighted by atomic mass is 16.3. The molecule has 1 aliphatic heterocycles. The number of amides is 2. The first-order valence-corrected chi connectivity index (χ1v) is 5.32. The molecule has 1 heterocycles. The summed E-state index contributed by atoms with van der Waals surface area (Å²) < 4.78 is 0. The summed E-state index contributed by atoms with van der Waals surface area (Å²) in [4.78, 5) is 26.0. The molecule has 0 unspecified atom stereocenters. The Morgan fingerprint density at radius 1 is 1.13 bits per heavy atom. The summed E-state index contributed by atoms with van der Waals surface area (Å²) in [5.41, 5.74) is 0. The fourth-order valence-electron chi connectivity index (χ4n) is 1.70. The Bertz CT molecular complexity index is 231. The van der Waals surface area contributed by atoms with Crippen LogP contribution in [0.3, 0.4) is 0 Å². The Morgan fingerprint density at radius 3 is 1.87 bits per heavy atom. The van der Waals surface area contributed by atoms with E-state index in [-0.39, 0.29) is 11.8 Å². The molecule has 1 rings (SSSR count). The highest BCUT2D eigenvalue weighted by molar-refractivity contribution is 5.79. The molecule has 0 aromatic carbocycles. The van der Waals surface area contributed by atoms with Gasteiger partial charge in [-0.1, -0.05) is 13.8 Å². The summed E-state index contributed by atoms with van der Waals surface area (Å²) in [7, 11) is 0. The number of aliphatic hydroxyl groups is 1. The SMILES string of the molecule is CCC(=O)N1CC(O)CN(C(=O)CC)C1. The van der Waals surface area contributed by atoms with Gasteiger partial charge >= 0.3 is 0 Å². The molecule has 2 amide bonds. The van der Waals surface area contributed by atoms with Gasteiger partial charge in [-0.15, -0.1) is 0 Å². The van der Waals surface area contributed by atoms with Crippen molar-refractivity contribution in [2.45, 2.75) is 32.8 Å². The van der Waals surface area contributed by atoms with Gasteiger partial charge in [-0.05, 0) is 0 Å². The summed E-state index contributed by atoms with van der Waals surface area (Å²) in [6.45, 7) is 4.53. The van der Waals surface area contributed by atoms with Crippen molar-refractivity contribution in [3.8, 4) is 0 Å². The van der Waals surface area contributed by atoms with Crippen LogP contribution in [0.1, 0.15) is 26.7 Å². The van der Waals surface area contributed by atoms with Crippen molar-refractivity contribution in [1.82, 2.24) is 9.80 Å². The normalized spacial score (nSPS) is 18.1. The van der Waals surface area contributed by atoms with Crippen molar-refractivity contribution in [3.05, 3.63) is 0 Å². The lowest BCUT2D eigenvalue weighted by atomic mass is 10.2. The smallest absolute Gasteiger partial charge is 0.223 e. The maximum atomic E-state index is 11.4. The second-order valence-electron chi connectivity index (χ2n) is 3.73. The Labute approximate surface area is 89.7 Å². The summed E-state index contributed by atoms with van der Waals surface area (Å²) >= 11 is 0. The standard InChI is InChI=1S/C10H18N2O3/c1-3-9(14)11-5-8(13)6-12(7-11)10(15)4-2/h8,13H,3-7H2,1-2H3. The molecule has 1 fully saturated rings. The van der Waals surface area contributed by atoms with Gasteiger partial charge in [-0.2, -0.15) is 0 Å². The number of nitrogens with zero attached hydrogens (tertiary/aromatic N) is 2. The molecule has 0 atom stereocenters. The lowest BCUT2D eigenvalue weighted by Crippen LogP contribution is -2.55. The van der Waals surface area contributed by atoms with Gasteiger partial charge in [0.05, 0.1) is 25.9 Å². The third-order valence-corrected chi connectivity index (χ3v) is 2.51. The van der Waals surface area contributed by atoms with Crippen LogP contribution in [0.15, 0.2) is 0 Å². The summed E-state index contributed by atoms with van der Waals surface area (Å²) in [5, 5.41) is 9.55. The van der Waals surface area contributed by atoms with E-state index in [4.69, 9.17) is 0 Å². The van der Waals surface area contributed by atoms with Gasteiger partial charge in [0.2, 0.25) is 11.8 Å². The van der Waals surface area contributed by atoms with Gasteiger partial charge in [0.15, 0.2) is 0 Å². The summed E-state index contributed by atoms with van der Waals surface area (Å²) in [5.74, 6) is -0.0506. The molecule has 0 aliphatic carbocycles. The first-order valence-electron chi connectivity index (χ1n) is 5.32. The van der Waals surface area contributed by atoms with Gasteiger partial charge in [-0.3, -0.25) is 9.59 Å². The predicted molar refractivity (Wildman–Crippen MR) is 54.9 cm³/mol. The molecule has 86 valence electrons. The van der Waals surface area contributed by atoms with Crippen molar-refractivity contribution in [2.24, 2.45) is 0 Å². The van der Waals surface area contributed by atoms with Crippen LogP contribution in [-0.4, -0.2) is 52.6 Å². The number of carbonyl (C=O) groups is 2. The average molecular weight is 214 g/mol. The molecule has 0 radical (unpaired) electrons. The van der Waals surface area contributed by atoms with E-state index < -0.39 is 6.10 Å². The molecule has 0 saturated carbocycles. The fourth-order valence-corrected chi connectivity index (χ4v) is 1.70. The number of hydrogen-bond donors (Lipinski definition) is 1. The van der Waals surface area contributed by atoms with Crippen LogP contribution in [0.4, 0.5) is 0 Å². The minimum absolute atomic E-state index is 0.0253. The van der Waals surface area contributed by atoms with Crippen LogP contribution in [0.5, 0.6) is 0 Å². The largest absolute Gasteiger partial charge is 0.389 e. The van der Waals surface area contributed by atoms with Crippen LogP contribution >= 0.6 is 0 Å². The lowest BCUT2D eigenvalue weighted by molar-refractivity contribution is -0.147. The number of aliphatic hydroxyl groups excluding tert-OH is 1. The first-order chi connectivity index (χ1) is 7.08. The highest BCUT2D eigenvalue weighted by Gasteiger charge is 2.28. The average Bonchev–Trinajstić information content (AvgIpc) is 2.26. The third-order valence-electron chi connectivity index (χ3n) is 2.51. The number of hydrogen-bond acceptors (Lipinski definition) is 3. The van der Waals surface area contributed by atoms with E-state index in [2.05, 4.69) is 0 Å². The Kier molecular flexibility index (Phi) is 4.08. The van der Waals surface area contributed by atoms with E-state index in [9.17, 15) is 14.7 Å². The zero-order valence-corrected chi connectivity index (χ0v) is 9.27. The van der Waals surface area contributed by atoms with Crippen LogP contribution in [0.25, 0.3) is 0 Å². The minimum Gasteiger partial charge on any atom is -0.389 e. The van der Waals surface area contributed by atoms with Gasteiger partial charge in [0.1, 0.15) is 0 Å². The molecule has 1 aliphatic rings. The lowest BCUT2D eigenvalue weighted by Gasteiger charge is -2.38. The zero-order chi connectivity index (χ0) is 11.4. The van der Waals surface area contributed by atoms with E-state index in [1.54, 1.807) is 13.8 Å². The number of rotatable bonds is 2. The molecular weight excluding hydrogens is 196 g/mol. The quantitative estimate of drug-likeness (QED) is 0.692. The van der Waals surface area contributed by atoms with Crippen LogP contribution in [-0.2, 0) is 9.59 Å². The van der Waals surface area contributed by atoms with Crippen molar-refractivity contribution in [2.75, 3.05) is 19.8 Å². The van der Waals surface area contributed by atoms with Crippen LogP contribution in [0, 0.1) is 0 Å².